The van der Waals surface area contributed by atoms with Crippen molar-refractivity contribution in [2.75, 3.05) is 0 Å². The van der Waals surface area contributed by atoms with Gasteiger partial charge in [0.2, 0.25) is 0 Å². The van der Waals surface area contributed by atoms with Crippen LogP contribution in [0.1, 0.15) is 53.4 Å². The van der Waals surface area contributed by atoms with Gasteiger partial charge in [0.1, 0.15) is 5.69 Å². The molecule has 3 nitrogen and oxygen atoms in total. The first-order chi connectivity index (χ1) is 11.8. The molecular weight excluding hydrogens is 308 g/mol. The molecule has 25 heavy (non-hydrogen) atoms. The van der Waals surface area contributed by atoms with Crippen LogP contribution in [0.5, 0.6) is 0 Å². The first kappa shape index (κ1) is 17.7. The molecule has 0 amide bonds. The summed E-state index contributed by atoms with van der Waals surface area (Å²) in [6.45, 7) is 13.0. The fourth-order valence-corrected chi connectivity index (χ4v) is 3.76. The summed E-state index contributed by atoms with van der Waals surface area (Å²) in [7, 11) is 0. The van der Waals surface area contributed by atoms with Crippen molar-refractivity contribution in [3.63, 3.8) is 0 Å². The molecule has 0 spiro atoms. The van der Waals surface area contributed by atoms with Crippen LogP contribution in [-0.4, -0.2) is 10.7 Å². The second-order valence-corrected chi connectivity index (χ2v) is 7.62. The molecule has 3 rings (SSSR count). The van der Waals surface area contributed by atoms with E-state index in [0.29, 0.717) is 6.04 Å². The minimum absolute atomic E-state index is 0.151. The number of hydrogen-bond acceptors (Lipinski definition) is 1. The smallest absolute Gasteiger partial charge is 0.295 e. The van der Waals surface area contributed by atoms with Crippen LogP contribution >= 0.6 is 0 Å². The fraction of sp³-hybridized carbons (Fsp3) is 0.409. The first-order valence-electron chi connectivity index (χ1n) is 9.11. The Bertz CT molecular complexity index is 860. The van der Waals surface area contributed by atoms with Gasteiger partial charge in [-0.3, -0.25) is 0 Å². The lowest BCUT2D eigenvalue weighted by atomic mass is 10.1. The molecule has 0 unspecified atom stereocenters. The Kier molecular flexibility index (Phi) is 4.70. The SMILES string of the molecule is CC(C)OC(C)(C)c1n(-c2ccccc2)c2ccccc2[n+]1C(C)C. The summed E-state index contributed by atoms with van der Waals surface area (Å²) >= 11 is 0. The van der Waals surface area contributed by atoms with Crippen molar-refractivity contribution in [3.8, 4) is 5.69 Å². The van der Waals surface area contributed by atoms with Crippen LogP contribution < -0.4 is 4.57 Å². The number of nitrogens with zero attached hydrogens (tertiary/aromatic N) is 2. The van der Waals surface area contributed by atoms with E-state index in [4.69, 9.17) is 4.74 Å². The predicted octanol–water partition coefficient (Wildman–Crippen LogP) is 5.16. The normalized spacial score (nSPS) is 12.5. The average molecular weight is 337 g/mol. The topological polar surface area (TPSA) is 18.0 Å². The molecule has 3 aromatic rings. The summed E-state index contributed by atoms with van der Waals surface area (Å²) in [4.78, 5) is 0. The molecule has 0 saturated heterocycles. The molecular formula is C22H29N2O+. The number of ether oxygens (including phenoxy) is 1. The highest BCUT2D eigenvalue weighted by Crippen LogP contribution is 2.31. The number of benzene rings is 2. The molecule has 0 aliphatic carbocycles. The van der Waals surface area contributed by atoms with Crippen LogP contribution in [0.3, 0.4) is 0 Å². The summed E-state index contributed by atoms with van der Waals surface area (Å²) in [6, 6.07) is 19.5. The highest BCUT2D eigenvalue weighted by Gasteiger charge is 2.40. The Morgan fingerprint density at radius 1 is 0.880 bits per heavy atom. The van der Waals surface area contributed by atoms with Crippen LogP contribution in [-0.2, 0) is 10.3 Å². The number of aromatic nitrogens is 2. The van der Waals surface area contributed by atoms with Crippen LogP contribution in [0.15, 0.2) is 54.6 Å². The van der Waals surface area contributed by atoms with Crippen molar-refractivity contribution in [1.82, 2.24) is 4.57 Å². The van der Waals surface area contributed by atoms with Gasteiger partial charge >= 0.3 is 0 Å². The Hall–Kier alpha value is -2.13. The van der Waals surface area contributed by atoms with E-state index in [1.165, 1.54) is 16.9 Å². The molecule has 0 N–H and O–H groups in total. The molecule has 0 aliphatic heterocycles. The quantitative estimate of drug-likeness (QED) is 0.588. The van der Waals surface area contributed by atoms with E-state index >= 15 is 0 Å². The molecule has 2 aromatic carbocycles. The molecule has 0 aliphatic rings. The summed E-state index contributed by atoms with van der Waals surface area (Å²) in [5.74, 6) is 1.17. The van der Waals surface area contributed by atoms with Gasteiger partial charge in [0.05, 0.1) is 12.1 Å². The van der Waals surface area contributed by atoms with Gasteiger partial charge in [-0.2, -0.15) is 4.57 Å². The van der Waals surface area contributed by atoms with Gasteiger partial charge in [0.15, 0.2) is 16.6 Å². The van der Waals surface area contributed by atoms with Gasteiger partial charge in [0, 0.05) is 0 Å². The maximum Gasteiger partial charge on any atom is 0.295 e. The first-order valence-corrected chi connectivity index (χ1v) is 9.11. The summed E-state index contributed by atoms with van der Waals surface area (Å²) in [5, 5.41) is 0. The Balaban J connectivity index is 2.42. The van der Waals surface area contributed by atoms with Crippen molar-refractivity contribution in [3.05, 3.63) is 60.4 Å². The minimum atomic E-state index is -0.423. The van der Waals surface area contributed by atoms with Crippen LogP contribution in [0, 0.1) is 0 Å². The van der Waals surface area contributed by atoms with E-state index in [0.717, 1.165) is 5.69 Å². The van der Waals surface area contributed by atoms with E-state index in [9.17, 15) is 0 Å². The standard InChI is InChI=1S/C22H29N2O/c1-16(2)23-19-14-10-11-15-20(19)24(18-12-8-7-9-13-18)21(23)22(5,6)25-17(3)4/h7-17H,1-6H3/q+1. The van der Waals surface area contributed by atoms with E-state index < -0.39 is 5.60 Å². The number of imidazole rings is 1. The zero-order chi connectivity index (χ0) is 18.2. The van der Waals surface area contributed by atoms with Crippen LogP contribution in [0.25, 0.3) is 16.7 Å². The summed E-state index contributed by atoms with van der Waals surface area (Å²) in [5.41, 5.74) is 3.18. The largest absolute Gasteiger partial charge is 0.360 e. The minimum Gasteiger partial charge on any atom is -0.360 e. The number of rotatable bonds is 5. The molecule has 0 bridgehead atoms. The van der Waals surface area contributed by atoms with Crippen molar-refractivity contribution < 1.29 is 9.30 Å². The number of fused-ring (bicyclic) bond motifs is 1. The Morgan fingerprint density at radius 2 is 1.48 bits per heavy atom. The Labute approximate surface area is 150 Å². The molecule has 0 radical (unpaired) electrons. The second kappa shape index (κ2) is 6.64. The molecule has 3 heteroatoms. The van der Waals surface area contributed by atoms with E-state index in [1.54, 1.807) is 0 Å². The molecule has 1 heterocycles. The average Bonchev–Trinajstić information content (AvgIpc) is 2.91. The van der Waals surface area contributed by atoms with Crippen molar-refractivity contribution >= 4 is 11.0 Å². The molecule has 132 valence electrons. The lowest BCUT2D eigenvalue weighted by Crippen LogP contribution is -2.47. The molecule has 0 atom stereocenters. The van der Waals surface area contributed by atoms with Crippen molar-refractivity contribution in [1.29, 1.82) is 0 Å². The van der Waals surface area contributed by atoms with Gasteiger partial charge in [-0.05, 0) is 65.8 Å². The third-order valence-electron chi connectivity index (χ3n) is 4.42. The second-order valence-electron chi connectivity index (χ2n) is 7.62. The third-order valence-corrected chi connectivity index (χ3v) is 4.42. The number of hydrogen-bond donors (Lipinski definition) is 0. The zero-order valence-electron chi connectivity index (χ0n) is 16.2. The predicted molar refractivity (Wildman–Crippen MR) is 103 cm³/mol. The molecule has 0 saturated carbocycles. The highest BCUT2D eigenvalue weighted by molar-refractivity contribution is 5.75. The maximum atomic E-state index is 6.36. The van der Waals surface area contributed by atoms with Crippen LogP contribution in [0.2, 0.25) is 0 Å². The van der Waals surface area contributed by atoms with Gasteiger partial charge < -0.3 is 4.74 Å². The van der Waals surface area contributed by atoms with Gasteiger partial charge in [-0.25, -0.2) is 4.57 Å². The van der Waals surface area contributed by atoms with E-state index in [1.807, 2.05) is 0 Å². The number of para-hydroxylation sites is 3. The molecule has 1 aromatic heterocycles. The van der Waals surface area contributed by atoms with Gasteiger partial charge in [-0.15, -0.1) is 0 Å². The maximum absolute atomic E-state index is 6.36. The van der Waals surface area contributed by atoms with Crippen molar-refractivity contribution in [2.24, 2.45) is 0 Å². The van der Waals surface area contributed by atoms with Crippen LogP contribution in [0.4, 0.5) is 0 Å². The summed E-state index contributed by atoms with van der Waals surface area (Å²) < 4.78 is 11.1. The fourth-order valence-electron chi connectivity index (χ4n) is 3.76. The zero-order valence-corrected chi connectivity index (χ0v) is 16.2. The van der Waals surface area contributed by atoms with Gasteiger partial charge in [0.25, 0.3) is 5.82 Å². The monoisotopic (exact) mass is 337 g/mol. The van der Waals surface area contributed by atoms with E-state index in [-0.39, 0.29) is 6.10 Å². The lowest BCUT2D eigenvalue weighted by molar-refractivity contribution is -0.705. The Morgan fingerprint density at radius 3 is 2.08 bits per heavy atom. The highest BCUT2D eigenvalue weighted by atomic mass is 16.5. The third kappa shape index (κ3) is 3.21. The van der Waals surface area contributed by atoms with Gasteiger partial charge in [-0.1, -0.05) is 30.3 Å². The molecule has 0 fully saturated rings. The van der Waals surface area contributed by atoms with Crippen molar-refractivity contribution in [2.45, 2.75) is 59.3 Å². The van der Waals surface area contributed by atoms with E-state index in [2.05, 4.69) is 105 Å². The summed E-state index contributed by atoms with van der Waals surface area (Å²) in [6.07, 6.45) is 0.151. The lowest BCUT2D eigenvalue weighted by Gasteiger charge is -2.26.